The lowest BCUT2D eigenvalue weighted by Crippen LogP contribution is -2.37. The summed E-state index contributed by atoms with van der Waals surface area (Å²) in [6.45, 7) is 5.93. The fourth-order valence-electron chi connectivity index (χ4n) is 4.54. The Kier molecular flexibility index (Phi) is 10.00. The summed E-state index contributed by atoms with van der Waals surface area (Å²) in [5.41, 5.74) is 0.961. The van der Waals surface area contributed by atoms with Gasteiger partial charge >= 0.3 is 0 Å². The van der Waals surface area contributed by atoms with Crippen molar-refractivity contribution in [1.29, 1.82) is 0 Å². The Morgan fingerprint density at radius 2 is 1.62 bits per heavy atom. The molecule has 0 spiro atoms. The molecule has 0 bridgehead atoms. The summed E-state index contributed by atoms with van der Waals surface area (Å²) in [6, 6.07) is 14.9. The average Bonchev–Trinajstić information content (AvgIpc) is 2.98. The SMILES string of the molecule is CCN(CC)S(=O)(=O)c1ccc(Cl)c(C(=O)Nc2cc(S(=O)(=O)Nc3ccccc3OC)ccc2N2CCOCC2)c1. The summed E-state index contributed by atoms with van der Waals surface area (Å²) in [4.78, 5) is 15.3. The minimum absolute atomic E-state index is 0.0422. The Morgan fingerprint density at radius 3 is 2.29 bits per heavy atom. The Hall–Kier alpha value is -3.36. The van der Waals surface area contributed by atoms with Crippen LogP contribution in [0.3, 0.4) is 0 Å². The maximum absolute atomic E-state index is 13.6. The van der Waals surface area contributed by atoms with E-state index in [0.717, 1.165) is 0 Å². The smallest absolute Gasteiger partial charge is 0.262 e. The lowest BCUT2D eigenvalue weighted by Gasteiger charge is -2.31. The third kappa shape index (κ3) is 6.81. The number of rotatable bonds is 11. The lowest BCUT2D eigenvalue weighted by atomic mass is 10.2. The Morgan fingerprint density at radius 1 is 0.952 bits per heavy atom. The van der Waals surface area contributed by atoms with E-state index in [0.29, 0.717) is 37.7 Å². The summed E-state index contributed by atoms with van der Waals surface area (Å²) in [5.74, 6) is -0.355. The van der Waals surface area contributed by atoms with Gasteiger partial charge in [-0.05, 0) is 48.5 Å². The molecule has 0 aliphatic carbocycles. The molecular weight excluding hydrogens is 604 g/mol. The van der Waals surface area contributed by atoms with Crippen LogP contribution in [0.4, 0.5) is 17.1 Å². The molecule has 0 saturated carbocycles. The second-order valence-electron chi connectivity index (χ2n) is 9.27. The van der Waals surface area contributed by atoms with Crippen LogP contribution in [0.5, 0.6) is 5.75 Å². The third-order valence-corrected chi connectivity index (χ3v) is 10.5. The zero-order valence-electron chi connectivity index (χ0n) is 23.5. The van der Waals surface area contributed by atoms with Gasteiger partial charge in [0.05, 0.1) is 57.8 Å². The molecular formula is C28H33ClN4O7S2. The fraction of sp³-hybridized carbons (Fsp3) is 0.321. The molecule has 14 heteroatoms. The van der Waals surface area contributed by atoms with E-state index in [-0.39, 0.29) is 44.8 Å². The van der Waals surface area contributed by atoms with Crippen LogP contribution in [0.1, 0.15) is 24.2 Å². The lowest BCUT2D eigenvalue weighted by molar-refractivity contribution is 0.102. The predicted molar refractivity (Wildman–Crippen MR) is 163 cm³/mol. The molecule has 1 saturated heterocycles. The van der Waals surface area contributed by atoms with Gasteiger partial charge in [-0.3, -0.25) is 9.52 Å². The van der Waals surface area contributed by atoms with Crippen molar-refractivity contribution in [3.8, 4) is 5.75 Å². The van der Waals surface area contributed by atoms with Gasteiger partial charge in [-0.1, -0.05) is 37.6 Å². The molecule has 0 radical (unpaired) electrons. The quantitative estimate of drug-likeness (QED) is 0.319. The van der Waals surface area contributed by atoms with Gasteiger partial charge in [0, 0.05) is 26.2 Å². The molecule has 0 unspecified atom stereocenters. The molecule has 1 aliphatic heterocycles. The van der Waals surface area contributed by atoms with E-state index in [4.69, 9.17) is 21.1 Å². The van der Waals surface area contributed by atoms with E-state index >= 15 is 0 Å². The van der Waals surface area contributed by atoms with Crippen LogP contribution in [0.2, 0.25) is 5.02 Å². The van der Waals surface area contributed by atoms with Crippen LogP contribution in [0, 0.1) is 0 Å². The number of carbonyl (C=O) groups is 1. The molecule has 0 aromatic heterocycles. The monoisotopic (exact) mass is 636 g/mol. The van der Waals surface area contributed by atoms with Gasteiger partial charge in [0.25, 0.3) is 15.9 Å². The number of benzene rings is 3. The van der Waals surface area contributed by atoms with Gasteiger partial charge in [0.15, 0.2) is 0 Å². The van der Waals surface area contributed by atoms with Gasteiger partial charge in [-0.25, -0.2) is 16.8 Å². The molecule has 2 N–H and O–H groups in total. The highest BCUT2D eigenvalue weighted by atomic mass is 35.5. The van der Waals surface area contributed by atoms with E-state index < -0.39 is 26.0 Å². The third-order valence-electron chi connectivity index (χ3n) is 6.76. The van der Waals surface area contributed by atoms with Crippen LogP contribution >= 0.6 is 11.6 Å². The number of morpholine rings is 1. The number of halogens is 1. The minimum atomic E-state index is -4.10. The van der Waals surface area contributed by atoms with Crippen molar-refractivity contribution < 1.29 is 31.1 Å². The Labute approximate surface area is 251 Å². The van der Waals surface area contributed by atoms with E-state index in [1.165, 1.54) is 41.7 Å². The number of nitrogens with one attached hydrogen (secondary N) is 2. The van der Waals surface area contributed by atoms with Crippen molar-refractivity contribution in [3.63, 3.8) is 0 Å². The molecule has 1 amide bonds. The van der Waals surface area contributed by atoms with Crippen molar-refractivity contribution in [2.45, 2.75) is 23.6 Å². The maximum atomic E-state index is 13.6. The number of nitrogens with zero attached hydrogens (tertiary/aromatic N) is 2. The largest absolute Gasteiger partial charge is 0.495 e. The first-order valence-electron chi connectivity index (χ1n) is 13.3. The van der Waals surface area contributed by atoms with Crippen LogP contribution < -0.4 is 19.7 Å². The molecule has 42 heavy (non-hydrogen) atoms. The Bertz CT molecular complexity index is 1660. The molecule has 0 atom stereocenters. The first-order valence-corrected chi connectivity index (χ1v) is 16.6. The van der Waals surface area contributed by atoms with Crippen LogP contribution in [0.25, 0.3) is 0 Å². The highest BCUT2D eigenvalue weighted by molar-refractivity contribution is 7.92. The molecule has 1 heterocycles. The molecule has 3 aromatic rings. The molecule has 4 rings (SSSR count). The number of anilines is 3. The summed E-state index contributed by atoms with van der Waals surface area (Å²) in [6.07, 6.45) is 0. The molecule has 3 aromatic carbocycles. The number of hydrogen-bond donors (Lipinski definition) is 2. The van der Waals surface area contributed by atoms with Gasteiger partial charge in [-0.2, -0.15) is 4.31 Å². The second-order valence-corrected chi connectivity index (χ2v) is 13.3. The van der Waals surface area contributed by atoms with E-state index in [9.17, 15) is 21.6 Å². The number of amides is 1. The number of carbonyl (C=O) groups excluding carboxylic acids is 1. The van der Waals surface area contributed by atoms with E-state index in [2.05, 4.69) is 10.0 Å². The molecule has 1 aliphatic rings. The predicted octanol–water partition coefficient (Wildman–Crippen LogP) is 4.27. The van der Waals surface area contributed by atoms with Crippen molar-refractivity contribution in [2.24, 2.45) is 0 Å². The van der Waals surface area contributed by atoms with Crippen molar-refractivity contribution in [3.05, 3.63) is 71.2 Å². The zero-order valence-corrected chi connectivity index (χ0v) is 25.9. The zero-order chi connectivity index (χ0) is 30.5. The standard InChI is InChI=1S/C28H33ClN4O7S2/c1-4-33(5-2)42(37,38)21-10-12-23(29)22(18-21)28(34)30-25-19-20(11-13-26(25)32-14-16-40-17-15-32)41(35,36)31-24-8-6-7-9-27(24)39-3/h6-13,18-19,31H,4-5,14-17H2,1-3H3,(H,30,34). The number of para-hydroxylation sites is 2. The number of hydrogen-bond acceptors (Lipinski definition) is 8. The van der Waals surface area contributed by atoms with Crippen molar-refractivity contribution in [2.75, 3.05) is 61.4 Å². The number of sulfonamides is 2. The van der Waals surface area contributed by atoms with Gasteiger partial charge < -0.3 is 19.7 Å². The molecule has 226 valence electrons. The van der Waals surface area contributed by atoms with E-state index in [1.807, 2.05) is 4.90 Å². The minimum Gasteiger partial charge on any atom is -0.495 e. The topological polar surface area (TPSA) is 134 Å². The number of ether oxygens (including phenoxy) is 2. The average molecular weight is 637 g/mol. The first kappa shape index (κ1) is 31.6. The van der Waals surface area contributed by atoms with Crippen LogP contribution in [0.15, 0.2) is 70.5 Å². The van der Waals surface area contributed by atoms with Crippen LogP contribution in [-0.2, 0) is 24.8 Å². The normalized spacial score (nSPS) is 14.1. The van der Waals surface area contributed by atoms with Gasteiger partial charge in [0.1, 0.15) is 5.75 Å². The molecule has 11 nitrogen and oxygen atoms in total. The second kappa shape index (κ2) is 13.3. The van der Waals surface area contributed by atoms with E-state index in [1.54, 1.807) is 44.2 Å². The van der Waals surface area contributed by atoms with Crippen molar-refractivity contribution in [1.82, 2.24) is 4.31 Å². The fourth-order valence-corrected chi connectivity index (χ4v) is 7.32. The first-order chi connectivity index (χ1) is 20.0. The Balaban J connectivity index is 1.73. The van der Waals surface area contributed by atoms with Crippen LogP contribution in [-0.4, -0.2) is 73.6 Å². The molecule has 1 fully saturated rings. The highest BCUT2D eigenvalue weighted by Gasteiger charge is 2.26. The maximum Gasteiger partial charge on any atom is 0.262 e. The summed E-state index contributed by atoms with van der Waals surface area (Å²) < 4.78 is 67.5. The highest BCUT2D eigenvalue weighted by Crippen LogP contribution is 2.33. The summed E-state index contributed by atoms with van der Waals surface area (Å²) >= 11 is 6.35. The van der Waals surface area contributed by atoms with Gasteiger partial charge in [-0.15, -0.1) is 0 Å². The number of methoxy groups -OCH3 is 1. The summed E-state index contributed by atoms with van der Waals surface area (Å²) in [7, 11) is -6.52. The summed E-state index contributed by atoms with van der Waals surface area (Å²) in [5, 5.41) is 2.81. The van der Waals surface area contributed by atoms with Gasteiger partial charge in [0.2, 0.25) is 10.0 Å². The van der Waals surface area contributed by atoms with Crippen molar-refractivity contribution >= 4 is 54.6 Å².